The maximum absolute atomic E-state index is 12.1. The molecule has 1 aromatic carbocycles. The van der Waals surface area contributed by atoms with Gasteiger partial charge in [0.05, 0.1) is 0 Å². The van der Waals surface area contributed by atoms with Gasteiger partial charge in [-0.1, -0.05) is 18.2 Å². The smallest absolute Gasteiger partial charge is 0.260 e. The van der Waals surface area contributed by atoms with Crippen molar-refractivity contribution in [1.82, 2.24) is 4.90 Å². The maximum atomic E-state index is 12.1. The van der Waals surface area contributed by atoms with Crippen LogP contribution < -0.4 is 10.5 Å². The van der Waals surface area contributed by atoms with Gasteiger partial charge in [-0.3, -0.25) is 4.79 Å². The van der Waals surface area contributed by atoms with Crippen LogP contribution in [0.15, 0.2) is 18.2 Å². The van der Waals surface area contributed by atoms with Gasteiger partial charge in [0.2, 0.25) is 0 Å². The number of hydrogen-bond acceptors (Lipinski definition) is 3. The Kier molecular flexibility index (Phi) is 4.80. The highest BCUT2D eigenvalue weighted by atomic mass is 16.5. The van der Waals surface area contributed by atoms with Crippen LogP contribution in [0, 0.1) is 6.92 Å². The molecule has 1 fully saturated rings. The summed E-state index contributed by atoms with van der Waals surface area (Å²) in [6, 6.07) is 5.87. The fraction of sp³-hybridized carbons (Fsp3) is 0.533. The summed E-state index contributed by atoms with van der Waals surface area (Å²) < 4.78 is 5.70. The first-order valence-electron chi connectivity index (χ1n) is 6.91. The summed E-state index contributed by atoms with van der Waals surface area (Å²) in [6.45, 7) is 4.23. The van der Waals surface area contributed by atoms with Crippen molar-refractivity contribution in [1.29, 1.82) is 0 Å². The minimum Gasteiger partial charge on any atom is -0.483 e. The third-order valence-corrected chi connectivity index (χ3v) is 3.56. The van der Waals surface area contributed by atoms with E-state index in [-0.39, 0.29) is 12.5 Å². The number of carbonyl (C=O) groups is 1. The molecule has 1 amide bonds. The molecule has 1 aliphatic rings. The lowest BCUT2D eigenvalue weighted by Crippen LogP contribution is -2.38. The van der Waals surface area contributed by atoms with E-state index in [4.69, 9.17) is 10.5 Å². The number of likely N-dealkylation sites (tertiary alicyclic amines) is 1. The van der Waals surface area contributed by atoms with E-state index in [0.717, 1.165) is 42.8 Å². The van der Waals surface area contributed by atoms with Crippen molar-refractivity contribution in [2.75, 3.05) is 19.7 Å². The minimum absolute atomic E-state index is 0.0749. The average molecular weight is 262 g/mol. The lowest BCUT2D eigenvalue weighted by molar-refractivity contribution is -0.134. The van der Waals surface area contributed by atoms with Gasteiger partial charge in [-0.05, 0) is 31.7 Å². The minimum atomic E-state index is 0.0749. The molecule has 4 heteroatoms. The Morgan fingerprint density at radius 2 is 2.05 bits per heavy atom. The molecule has 0 saturated carbocycles. The van der Waals surface area contributed by atoms with Gasteiger partial charge in [-0.15, -0.1) is 0 Å². The van der Waals surface area contributed by atoms with Gasteiger partial charge < -0.3 is 15.4 Å². The third-order valence-electron chi connectivity index (χ3n) is 3.56. The van der Waals surface area contributed by atoms with Gasteiger partial charge in [0.15, 0.2) is 6.61 Å². The van der Waals surface area contributed by atoms with Crippen LogP contribution in [0.4, 0.5) is 0 Å². The first-order chi connectivity index (χ1) is 9.22. The van der Waals surface area contributed by atoms with Crippen LogP contribution in [0.2, 0.25) is 0 Å². The first kappa shape index (κ1) is 13.9. The standard InChI is InChI=1S/C15H22N2O2/c1-12-6-5-7-13(10-16)15(12)19-11-14(18)17-8-3-2-4-9-17/h5-7H,2-4,8-11,16H2,1H3. The zero-order chi connectivity index (χ0) is 13.7. The molecule has 19 heavy (non-hydrogen) atoms. The van der Waals surface area contributed by atoms with Gasteiger partial charge in [-0.25, -0.2) is 0 Å². The van der Waals surface area contributed by atoms with Gasteiger partial charge in [0, 0.05) is 25.2 Å². The Morgan fingerprint density at radius 1 is 1.32 bits per heavy atom. The molecule has 2 N–H and O–H groups in total. The first-order valence-corrected chi connectivity index (χ1v) is 6.91. The van der Waals surface area contributed by atoms with E-state index in [9.17, 15) is 4.79 Å². The fourth-order valence-electron chi connectivity index (χ4n) is 2.45. The fourth-order valence-corrected chi connectivity index (χ4v) is 2.45. The van der Waals surface area contributed by atoms with Crippen molar-refractivity contribution in [2.45, 2.75) is 32.7 Å². The summed E-state index contributed by atoms with van der Waals surface area (Å²) in [5.41, 5.74) is 7.67. The average Bonchev–Trinajstić information content (AvgIpc) is 2.46. The maximum Gasteiger partial charge on any atom is 0.260 e. The second kappa shape index (κ2) is 6.57. The number of rotatable bonds is 4. The molecular weight excluding hydrogens is 240 g/mol. The molecule has 1 aromatic rings. The van der Waals surface area contributed by atoms with E-state index >= 15 is 0 Å². The molecule has 0 aromatic heterocycles. The number of nitrogens with zero attached hydrogens (tertiary/aromatic N) is 1. The molecule has 1 aliphatic heterocycles. The van der Waals surface area contributed by atoms with Gasteiger partial charge >= 0.3 is 0 Å². The molecule has 0 unspecified atom stereocenters. The monoisotopic (exact) mass is 262 g/mol. The zero-order valence-electron chi connectivity index (χ0n) is 11.5. The van der Waals surface area contributed by atoms with Crippen molar-refractivity contribution in [3.05, 3.63) is 29.3 Å². The SMILES string of the molecule is Cc1cccc(CN)c1OCC(=O)N1CCCCC1. The highest BCUT2D eigenvalue weighted by Gasteiger charge is 2.17. The molecule has 0 bridgehead atoms. The Morgan fingerprint density at radius 3 is 2.74 bits per heavy atom. The molecule has 2 rings (SSSR count). The van der Waals surface area contributed by atoms with Crippen LogP contribution in [0.5, 0.6) is 5.75 Å². The number of hydrogen-bond donors (Lipinski definition) is 1. The predicted molar refractivity (Wildman–Crippen MR) is 75.0 cm³/mol. The summed E-state index contributed by atoms with van der Waals surface area (Å²) in [7, 11) is 0. The molecule has 0 spiro atoms. The molecule has 4 nitrogen and oxygen atoms in total. The normalized spacial score (nSPS) is 15.4. The van der Waals surface area contributed by atoms with Crippen LogP contribution in [0.25, 0.3) is 0 Å². The highest BCUT2D eigenvalue weighted by Crippen LogP contribution is 2.23. The molecule has 1 saturated heterocycles. The van der Waals surface area contributed by atoms with Gasteiger partial charge in [0.25, 0.3) is 5.91 Å². The number of para-hydroxylation sites is 1. The van der Waals surface area contributed by atoms with Gasteiger partial charge in [-0.2, -0.15) is 0 Å². The zero-order valence-corrected chi connectivity index (χ0v) is 11.5. The number of nitrogens with two attached hydrogens (primary N) is 1. The van der Waals surface area contributed by atoms with Crippen molar-refractivity contribution in [3.8, 4) is 5.75 Å². The molecule has 104 valence electrons. The summed E-state index contributed by atoms with van der Waals surface area (Å²) in [5, 5.41) is 0. The number of aryl methyl sites for hydroxylation is 1. The number of piperidine rings is 1. The highest BCUT2D eigenvalue weighted by molar-refractivity contribution is 5.78. The van der Waals surface area contributed by atoms with E-state index in [1.54, 1.807) is 0 Å². The van der Waals surface area contributed by atoms with E-state index in [2.05, 4.69) is 0 Å². The molecule has 1 heterocycles. The van der Waals surface area contributed by atoms with E-state index in [1.807, 2.05) is 30.0 Å². The summed E-state index contributed by atoms with van der Waals surface area (Å²) in [6.07, 6.45) is 3.42. The number of benzene rings is 1. The number of amides is 1. The Balaban J connectivity index is 1.96. The summed E-state index contributed by atoms with van der Waals surface area (Å²) >= 11 is 0. The molecule has 0 atom stereocenters. The third kappa shape index (κ3) is 3.47. The van der Waals surface area contributed by atoms with Crippen LogP contribution in [0.1, 0.15) is 30.4 Å². The number of ether oxygens (including phenoxy) is 1. The van der Waals surface area contributed by atoms with Crippen LogP contribution in [0.3, 0.4) is 0 Å². The van der Waals surface area contributed by atoms with Crippen molar-refractivity contribution >= 4 is 5.91 Å². The predicted octanol–water partition coefficient (Wildman–Crippen LogP) is 1.85. The van der Waals surface area contributed by atoms with Crippen LogP contribution >= 0.6 is 0 Å². The van der Waals surface area contributed by atoms with Gasteiger partial charge in [0.1, 0.15) is 5.75 Å². The van der Waals surface area contributed by atoms with Crippen molar-refractivity contribution in [3.63, 3.8) is 0 Å². The van der Waals surface area contributed by atoms with Crippen molar-refractivity contribution < 1.29 is 9.53 Å². The van der Waals surface area contributed by atoms with Crippen molar-refractivity contribution in [2.24, 2.45) is 5.73 Å². The van der Waals surface area contributed by atoms with E-state index < -0.39 is 0 Å². The Hall–Kier alpha value is -1.55. The second-order valence-corrected chi connectivity index (χ2v) is 5.00. The quantitative estimate of drug-likeness (QED) is 0.901. The second-order valence-electron chi connectivity index (χ2n) is 5.00. The van der Waals surface area contributed by atoms with E-state index in [1.165, 1.54) is 6.42 Å². The molecular formula is C15H22N2O2. The summed E-state index contributed by atoms with van der Waals surface area (Å²) in [5.74, 6) is 0.835. The lowest BCUT2D eigenvalue weighted by Gasteiger charge is -2.26. The summed E-state index contributed by atoms with van der Waals surface area (Å²) in [4.78, 5) is 13.9. The lowest BCUT2D eigenvalue weighted by atomic mass is 10.1. The largest absolute Gasteiger partial charge is 0.483 e. The van der Waals surface area contributed by atoms with Crippen LogP contribution in [-0.4, -0.2) is 30.5 Å². The van der Waals surface area contributed by atoms with Crippen LogP contribution in [-0.2, 0) is 11.3 Å². The Labute approximate surface area is 114 Å². The topological polar surface area (TPSA) is 55.6 Å². The number of carbonyl (C=O) groups excluding carboxylic acids is 1. The Bertz CT molecular complexity index is 440. The molecule has 0 radical (unpaired) electrons. The molecule has 0 aliphatic carbocycles. The van der Waals surface area contributed by atoms with E-state index in [0.29, 0.717) is 6.54 Å².